The zero-order chi connectivity index (χ0) is 13.6. The number of hydrogen-bond acceptors (Lipinski definition) is 4. The topological polar surface area (TPSA) is 70.1 Å². The highest BCUT2D eigenvalue weighted by molar-refractivity contribution is 5.92. The van der Waals surface area contributed by atoms with Gasteiger partial charge in [0.1, 0.15) is 11.6 Å². The molecule has 2 bridgehead atoms. The van der Waals surface area contributed by atoms with Gasteiger partial charge in [-0.3, -0.25) is 0 Å². The number of fused-ring (bicyclic) bond motifs is 2. The third kappa shape index (κ3) is 1.83. The zero-order valence-corrected chi connectivity index (χ0v) is 11.6. The van der Waals surface area contributed by atoms with Crippen LogP contribution in [0.15, 0.2) is 0 Å². The minimum atomic E-state index is -0.436. The summed E-state index contributed by atoms with van der Waals surface area (Å²) in [6, 6.07) is 0.430. The number of nitrogens with zero attached hydrogens (tertiary/aromatic N) is 2. The average Bonchev–Trinajstić information content (AvgIpc) is 3.10. The van der Waals surface area contributed by atoms with Crippen molar-refractivity contribution in [3.05, 3.63) is 11.5 Å². The summed E-state index contributed by atoms with van der Waals surface area (Å²) in [5.74, 6) is 2.51. The number of imidazole rings is 1. The zero-order valence-electron chi connectivity index (χ0n) is 11.6. The minimum absolute atomic E-state index is 0.280. The van der Waals surface area contributed by atoms with Crippen LogP contribution in [0.3, 0.4) is 0 Å². The van der Waals surface area contributed by atoms with E-state index in [-0.39, 0.29) is 5.69 Å². The Morgan fingerprint density at radius 2 is 2.26 bits per heavy atom. The van der Waals surface area contributed by atoms with Gasteiger partial charge in [-0.05, 0) is 31.1 Å². The number of carbonyl (C=O) groups is 1. The van der Waals surface area contributed by atoms with Crippen molar-refractivity contribution in [2.24, 2.45) is 11.8 Å². The van der Waals surface area contributed by atoms with Crippen molar-refractivity contribution in [3.63, 3.8) is 0 Å². The molecule has 5 nitrogen and oxygen atoms in total. The van der Waals surface area contributed by atoms with E-state index in [1.165, 1.54) is 32.8 Å². The van der Waals surface area contributed by atoms with Gasteiger partial charge in [-0.25, -0.2) is 9.78 Å². The number of carbonyl (C=O) groups excluding carboxylic acids is 1. The number of methoxy groups -OCH3 is 1. The highest BCUT2D eigenvalue weighted by Gasteiger charge is 2.42. The van der Waals surface area contributed by atoms with Crippen LogP contribution in [0.4, 0.5) is 5.82 Å². The molecule has 2 fully saturated rings. The lowest BCUT2D eigenvalue weighted by atomic mass is 9.95. The van der Waals surface area contributed by atoms with E-state index in [0.29, 0.717) is 17.8 Å². The summed E-state index contributed by atoms with van der Waals surface area (Å²) in [7, 11) is 1.37. The molecular formula is C14H21N3O2. The summed E-state index contributed by atoms with van der Waals surface area (Å²) in [4.78, 5) is 16.1. The van der Waals surface area contributed by atoms with Crippen molar-refractivity contribution in [2.75, 3.05) is 12.8 Å². The smallest absolute Gasteiger partial charge is 0.360 e. The van der Waals surface area contributed by atoms with Crippen molar-refractivity contribution < 1.29 is 9.53 Å². The standard InChI is InChI=1S/C14H21N3O2/c1-3-11-16-12(14(18)19-2)13(15)17(11)10-7-8-4-5-9(10)6-8/h8-10H,3-7,15H2,1-2H3. The third-order valence-electron chi connectivity index (χ3n) is 4.75. The van der Waals surface area contributed by atoms with Crippen LogP contribution in [-0.4, -0.2) is 22.6 Å². The molecular weight excluding hydrogens is 242 g/mol. The molecule has 2 aliphatic carbocycles. The van der Waals surface area contributed by atoms with E-state index < -0.39 is 5.97 Å². The molecule has 2 aliphatic rings. The predicted molar refractivity (Wildman–Crippen MR) is 71.8 cm³/mol. The molecule has 5 heteroatoms. The molecule has 3 unspecified atom stereocenters. The predicted octanol–water partition coefficient (Wildman–Crippen LogP) is 2.18. The van der Waals surface area contributed by atoms with Crippen LogP contribution in [0.1, 0.15) is 55.0 Å². The van der Waals surface area contributed by atoms with E-state index in [9.17, 15) is 4.79 Å². The Labute approximate surface area is 113 Å². The fraction of sp³-hybridized carbons (Fsp3) is 0.714. The number of rotatable bonds is 3. The van der Waals surface area contributed by atoms with E-state index >= 15 is 0 Å². The van der Waals surface area contributed by atoms with Crippen LogP contribution in [0, 0.1) is 11.8 Å². The first-order valence-electron chi connectivity index (χ1n) is 7.10. The number of ether oxygens (including phenoxy) is 1. The van der Waals surface area contributed by atoms with Gasteiger partial charge < -0.3 is 15.0 Å². The first kappa shape index (κ1) is 12.5. The Morgan fingerprint density at radius 1 is 1.47 bits per heavy atom. The molecule has 3 atom stereocenters. The van der Waals surface area contributed by atoms with Gasteiger partial charge in [0, 0.05) is 12.5 Å². The number of anilines is 1. The van der Waals surface area contributed by atoms with Crippen LogP contribution in [-0.2, 0) is 11.2 Å². The van der Waals surface area contributed by atoms with Gasteiger partial charge in [-0.2, -0.15) is 0 Å². The maximum Gasteiger partial charge on any atom is 0.360 e. The lowest BCUT2D eigenvalue weighted by Crippen LogP contribution is -2.20. The first-order valence-corrected chi connectivity index (χ1v) is 7.10. The molecule has 0 saturated heterocycles. The van der Waals surface area contributed by atoms with Gasteiger partial charge in [-0.1, -0.05) is 13.3 Å². The fourth-order valence-electron chi connectivity index (χ4n) is 3.89. The molecule has 0 radical (unpaired) electrons. The highest BCUT2D eigenvalue weighted by atomic mass is 16.5. The highest BCUT2D eigenvalue weighted by Crippen LogP contribution is 2.51. The quantitative estimate of drug-likeness (QED) is 0.848. The van der Waals surface area contributed by atoms with Crippen LogP contribution >= 0.6 is 0 Å². The van der Waals surface area contributed by atoms with Crippen LogP contribution in [0.2, 0.25) is 0 Å². The second-order valence-corrected chi connectivity index (χ2v) is 5.72. The summed E-state index contributed by atoms with van der Waals surface area (Å²) in [5.41, 5.74) is 6.45. The average molecular weight is 263 g/mol. The Balaban J connectivity index is 2.00. The van der Waals surface area contributed by atoms with Crippen molar-refractivity contribution in [1.82, 2.24) is 9.55 Å². The first-order chi connectivity index (χ1) is 9.15. The number of aryl methyl sites for hydroxylation is 1. The molecule has 1 aromatic rings. The van der Waals surface area contributed by atoms with Gasteiger partial charge in [0.2, 0.25) is 0 Å². The minimum Gasteiger partial charge on any atom is -0.464 e. The molecule has 0 aromatic carbocycles. The monoisotopic (exact) mass is 263 g/mol. The van der Waals surface area contributed by atoms with Crippen LogP contribution in [0.5, 0.6) is 0 Å². The van der Waals surface area contributed by atoms with Crippen molar-refractivity contribution in [3.8, 4) is 0 Å². The molecule has 3 rings (SSSR count). The molecule has 1 heterocycles. The molecule has 2 N–H and O–H groups in total. The van der Waals surface area contributed by atoms with Crippen LogP contribution in [0.25, 0.3) is 0 Å². The maximum atomic E-state index is 11.7. The number of hydrogen-bond donors (Lipinski definition) is 1. The van der Waals surface area contributed by atoms with Crippen molar-refractivity contribution >= 4 is 11.8 Å². The molecule has 0 aliphatic heterocycles. The van der Waals surface area contributed by atoms with Gasteiger partial charge in [0.05, 0.1) is 7.11 Å². The summed E-state index contributed by atoms with van der Waals surface area (Å²) >= 11 is 0. The Kier molecular flexibility index (Phi) is 2.99. The fourth-order valence-corrected chi connectivity index (χ4v) is 3.89. The van der Waals surface area contributed by atoms with E-state index in [1.807, 2.05) is 6.92 Å². The molecule has 2 saturated carbocycles. The van der Waals surface area contributed by atoms with E-state index in [4.69, 9.17) is 10.5 Å². The summed E-state index contributed by atoms with van der Waals surface area (Å²) in [5, 5.41) is 0. The summed E-state index contributed by atoms with van der Waals surface area (Å²) in [6.45, 7) is 2.05. The molecule has 1 aromatic heterocycles. The normalized spacial score (nSPS) is 28.8. The SMILES string of the molecule is CCc1nc(C(=O)OC)c(N)n1C1CC2CCC1C2. The van der Waals surface area contributed by atoms with E-state index in [0.717, 1.165) is 18.2 Å². The summed E-state index contributed by atoms with van der Waals surface area (Å²) in [6.07, 6.45) is 5.90. The second kappa shape index (κ2) is 4.54. The van der Waals surface area contributed by atoms with E-state index in [1.54, 1.807) is 0 Å². The van der Waals surface area contributed by atoms with Crippen molar-refractivity contribution in [1.29, 1.82) is 0 Å². The van der Waals surface area contributed by atoms with Crippen molar-refractivity contribution in [2.45, 2.75) is 45.1 Å². The molecule has 0 spiro atoms. The number of nitrogen functional groups attached to an aromatic ring is 1. The Morgan fingerprint density at radius 3 is 2.79 bits per heavy atom. The largest absolute Gasteiger partial charge is 0.464 e. The molecule has 19 heavy (non-hydrogen) atoms. The van der Waals surface area contributed by atoms with Gasteiger partial charge >= 0.3 is 5.97 Å². The second-order valence-electron chi connectivity index (χ2n) is 5.72. The number of nitrogens with two attached hydrogens (primary N) is 1. The van der Waals surface area contributed by atoms with Crippen LogP contribution < -0.4 is 5.73 Å². The number of esters is 1. The third-order valence-corrected chi connectivity index (χ3v) is 4.75. The van der Waals surface area contributed by atoms with Gasteiger partial charge in [0.15, 0.2) is 5.69 Å². The summed E-state index contributed by atoms with van der Waals surface area (Å²) < 4.78 is 6.87. The van der Waals surface area contributed by atoms with Gasteiger partial charge in [0.25, 0.3) is 0 Å². The van der Waals surface area contributed by atoms with E-state index in [2.05, 4.69) is 9.55 Å². The number of aromatic nitrogens is 2. The molecule has 0 amide bonds. The molecule has 104 valence electrons. The Hall–Kier alpha value is -1.52. The lowest BCUT2D eigenvalue weighted by Gasteiger charge is -2.25. The maximum absolute atomic E-state index is 11.7. The lowest BCUT2D eigenvalue weighted by molar-refractivity contribution is 0.0595. The Bertz CT molecular complexity index is 509. The van der Waals surface area contributed by atoms with Gasteiger partial charge in [-0.15, -0.1) is 0 Å².